The molecule has 6 nitrogen and oxygen atoms in total. The molecule has 3 N–H and O–H groups in total. The Balaban J connectivity index is 1.97. The van der Waals surface area contributed by atoms with Gasteiger partial charge < -0.3 is 20.6 Å². The SMILES string of the molecule is CCC1(C(=O)O)CCN(C(=O)N2CCC(N)CC2)C1. The van der Waals surface area contributed by atoms with Crippen molar-refractivity contribution < 1.29 is 14.7 Å². The fourth-order valence-electron chi connectivity index (χ4n) is 2.94. The smallest absolute Gasteiger partial charge is 0.320 e. The molecule has 2 saturated heterocycles. The molecule has 0 aromatic heterocycles. The largest absolute Gasteiger partial charge is 0.481 e. The van der Waals surface area contributed by atoms with Gasteiger partial charge in [-0.25, -0.2) is 4.79 Å². The second-order valence-electron chi connectivity index (χ2n) is 5.72. The molecule has 0 aromatic carbocycles. The minimum absolute atomic E-state index is 0.0246. The van der Waals surface area contributed by atoms with E-state index in [0.717, 1.165) is 12.8 Å². The highest BCUT2D eigenvalue weighted by molar-refractivity contribution is 5.79. The maximum Gasteiger partial charge on any atom is 0.320 e. The number of piperidine rings is 1. The Bertz CT molecular complexity index is 366. The molecular formula is C13H23N3O3. The average Bonchev–Trinajstić information content (AvgIpc) is 2.84. The molecule has 2 rings (SSSR count). The first-order chi connectivity index (χ1) is 8.98. The lowest BCUT2D eigenvalue weighted by atomic mass is 9.84. The number of carbonyl (C=O) groups excluding carboxylic acids is 1. The summed E-state index contributed by atoms with van der Waals surface area (Å²) in [5.74, 6) is -0.786. The fraction of sp³-hybridized carbons (Fsp3) is 0.846. The third-order valence-corrected chi connectivity index (χ3v) is 4.56. The molecule has 2 aliphatic rings. The lowest BCUT2D eigenvalue weighted by Crippen LogP contribution is -2.49. The Morgan fingerprint density at radius 1 is 1.26 bits per heavy atom. The minimum Gasteiger partial charge on any atom is -0.481 e. The number of likely N-dealkylation sites (tertiary alicyclic amines) is 2. The highest BCUT2D eigenvalue weighted by Gasteiger charge is 2.45. The molecule has 0 radical (unpaired) electrons. The number of carbonyl (C=O) groups is 2. The van der Waals surface area contributed by atoms with Gasteiger partial charge in [0.2, 0.25) is 0 Å². The van der Waals surface area contributed by atoms with Crippen LogP contribution in [0.1, 0.15) is 32.6 Å². The molecule has 2 amide bonds. The minimum atomic E-state index is -0.786. The number of carboxylic acid groups (broad SMARTS) is 1. The van der Waals surface area contributed by atoms with Gasteiger partial charge in [0, 0.05) is 32.2 Å². The maximum atomic E-state index is 12.4. The van der Waals surface area contributed by atoms with E-state index in [-0.39, 0.29) is 12.1 Å². The van der Waals surface area contributed by atoms with Crippen molar-refractivity contribution in [2.24, 2.45) is 11.1 Å². The lowest BCUT2D eigenvalue weighted by Gasteiger charge is -2.33. The van der Waals surface area contributed by atoms with Gasteiger partial charge in [0.25, 0.3) is 0 Å². The first kappa shape index (κ1) is 14.1. The van der Waals surface area contributed by atoms with Crippen molar-refractivity contribution in [1.29, 1.82) is 0 Å². The summed E-state index contributed by atoms with van der Waals surface area (Å²) >= 11 is 0. The van der Waals surface area contributed by atoms with Gasteiger partial charge in [0.15, 0.2) is 0 Å². The molecule has 6 heteroatoms. The number of carboxylic acids is 1. The number of amides is 2. The van der Waals surface area contributed by atoms with Crippen LogP contribution in [-0.4, -0.2) is 59.1 Å². The van der Waals surface area contributed by atoms with E-state index >= 15 is 0 Å². The van der Waals surface area contributed by atoms with Crippen LogP contribution >= 0.6 is 0 Å². The zero-order chi connectivity index (χ0) is 14.0. The van der Waals surface area contributed by atoms with Gasteiger partial charge >= 0.3 is 12.0 Å². The van der Waals surface area contributed by atoms with Gasteiger partial charge in [-0.05, 0) is 25.7 Å². The second-order valence-corrected chi connectivity index (χ2v) is 5.72. The van der Waals surface area contributed by atoms with Crippen LogP contribution in [0.15, 0.2) is 0 Å². The van der Waals surface area contributed by atoms with E-state index in [1.165, 1.54) is 0 Å². The molecule has 108 valence electrons. The van der Waals surface area contributed by atoms with Crippen molar-refractivity contribution in [2.75, 3.05) is 26.2 Å². The number of nitrogens with zero attached hydrogens (tertiary/aromatic N) is 2. The second kappa shape index (κ2) is 5.36. The van der Waals surface area contributed by atoms with E-state index in [2.05, 4.69) is 0 Å². The Kier molecular flexibility index (Phi) is 3.99. The zero-order valence-electron chi connectivity index (χ0n) is 11.5. The molecular weight excluding hydrogens is 246 g/mol. The normalized spacial score (nSPS) is 28.7. The number of rotatable bonds is 2. The standard InChI is InChI=1S/C13H23N3O3/c1-2-13(11(17)18)5-8-16(9-13)12(19)15-6-3-10(14)4-7-15/h10H,2-9,14H2,1H3,(H,17,18). The molecule has 2 heterocycles. The van der Waals surface area contributed by atoms with Crippen LogP contribution in [0.25, 0.3) is 0 Å². The maximum absolute atomic E-state index is 12.4. The van der Waals surface area contributed by atoms with Crippen molar-refractivity contribution in [3.05, 3.63) is 0 Å². The van der Waals surface area contributed by atoms with Crippen molar-refractivity contribution in [2.45, 2.75) is 38.6 Å². The van der Waals surface area contributed by atoms with Crippen LogP contribution < -0.4 is 5.73 Å². The predicted molar refractivity (Wildman–Crippen MR) is 70.7 cm³/mol. The molecule has 0 aliphatic carbocycles. The zero-order valence-corrected chi connectivity index (χ0v) is 11.5. The highest BCUT2D eigenvalue weighted by atomic mass is 16.4. The Morgan fingerprint density at radius 3 is 2.37 bits per heavy atom. The van der Waals surface area contributed by atoms with Gasteiger partial charge in [0.1, 0.15) is 0 Å². The van der Waals surface area contributed by atoms with Crippen molar-refractivity contribution in [1.82, 2.24) is 9.80 Å². The Hall–Kier alpha value is -1.30. The van der Waals surface area contributed by atoms with E-state index in [9.17, 15) is 14.7 Å². The number of nitrogens with two attached hydrogens (primary N) is 1. The van der Waals surface area contributed by atoms with Crippen LogP contribution in [0.3, 0.4) is 0 Å². The first-order valence-corrected chi connectivity index (χ1v) is 7.01. The number of hydrogen-bond acceptors (Lipinski definition) is 3. The summed E-state index contributed by atoms with van der Waals surface area (Å²) in [7, 11) is 0. The van der Waals surface area contributed by atoms with E-state index in [0.29, 0.717) is 39.0 Å². The summed E-state index contributed by atoms with van der Waals surface area (Å²) in [5, 5.41) is 9.34. The number of urea groups is 1. The van der Waals surface area contributed by atoms with E-state index in [4.69, 9.17) is 5.73 Å². The molecule has 0 spiro atoms. The molecule has 2 aliphatic heterocycles. The van der Waals surface area contributed by atoms with Gasteiger partial charge in [-0.2, -0.15) is 0 Å². The topological polar surface area (TPSA) is 86.9 Å². The summed E-state index contributed by atoms with van der Waals surface area (Å²) in [4.78, 5) is 27.2. The monoisotopic (exact) mass is 269 g/mol. The molecule has 1 atom stereocenters. The Labute approximate surface area is 113 Å². The summed E-state index contributed by atoms with van der Waals surface area (Å²) in [5.41, 5.74) is 5.08. The summed E-state index contributed by atoms with van der Waals surface area (Å²) in [6, 6.07) is 0.167. The molecule has 1 unspecified atom stereocenters. The first-order valence-electron chi connectivity index (χ1n) is 7.01. The molecule has 0 aromatic rings. The molecule has 2 fully saturated rings. The summed E-state index contributed by atoms with van der Waals surface area (Å²) in [6.07, 6.45) is 2.78. The number of hydrogen-bond donors (Lipinski definition) is 2. The van der Waals surface area contributed by atoms with Gasteiger partial charge in [-0.3, -0.25) is 4.79 Å². The van der Waals surface area contributed by atoms with Crippen LogP contribution in [0.2, 0.25) is 0 Å². The highest BCUT2D eigenvalue weighted by Crippen LogP contribution is 2.34. The third kappa shape index (κ3) is 2.68. The van der Waals surface area contributed by atoms with Gasteiger partial charge in [-0.15, -0.1) is 0 Å². The summed E-state index contributed by atoms with van der Waals surface area (Å²) in [6.45, 7) is 4.12. The summed E-state index contributed by atoms with van der Waals surface area (Å²) < 4.78 is 0. The van der Waals surface area contributed by atoms with E-state index in [1.807, 2.05) is 6.92 Å². The third-order valence-electron chi connectivity index (χ3n) is 4.56. The molecule has 0 bridgehead atoms. The fourth-order valence-corrected chi connectivity index (χ4v) is 2.94. The van der Waals surface area contributed by atoms with Gasteiger partial charge in [-0.1, -0.05) is 6.92 Å². The molecule has 0 saturated carbocycles. The predicted octanol–water partition coefficient (Wildman–Crippen LogP) is 0.716. The van der Waals surface area contributed by atoms with Crippen molar-refractivity contribution in [3.63, 3.8) is 0 Å². The average molecular weight is 269 g/mol. The number of aliphatic carboxylic acids is 1. The van der Waals surface area contributed by atoms with E-state index in [1.54, 1.807) is 9.80 Å². The Morgan fingerprint density at radius 2 is 1.89 bits per heavy atom. The molecule has 19 heavy (non-hydrogen) atoms. The van der Waals surface area contributed by atoms with Crippen LogP contribution in [-0.2, 0) is 4.79 Å². The van der Waals surface area contributed by atoms with Gasteiger partial charge in [0.05, 0.1) is 5.41 Å². The van der Waals surface area contributed by atoms with E-state index < -0.39 is 11.4 Å². The van der Waals surface area contributed by atoms with Crippen LogP contribution in [0, 0.1) is 5.41 Å². The van der Waals surface area contributed by atoms with Crippen molar-refractivity contribution in [3.8, 4) is 0 Å². The van der Waals surface area contributed by atoms with Crippen LogP contribution in [0.5, 0.6) is 0 Å². The lowest BCUT2D eigenvalue weighted by molar-refractivity contribution is -0.148. The quantitative estimate of drug-likeness (QED) is 0.773. The van der Waals surface area contributed by atoms with Crippen LogP contribution in [0.4, 0.5) is 4.79 Å². The van der Waals surface area contributed by atoms with Crippen molar-refractivity contribution >= 4 is 12.0 Å².